The molecule has 0 aliphatic carbocycles. The Bertz CT molecular complexity index is 1880. The van der Waals surface area contributed by atoms with Crippen LogP contribution in [0.25, 0.3) is 10.9 Å². The quantitative estimate of drug-likeness (QED) is 0.129. The van der Waals surface area contributed by atoms with Crippen molar-refractivity contribution in [2.45, 2.75) is 51.2 Å². The van der Waals surface area contributed by atoms with Gasteiger partial charge in [0.1, 0.15) is 18.1 Å². The largest absolute Gasteiger partial charge is 0.494 e. The number of ether oxygens (including phenoxy) is 2. The van der Waals surface area contributed by atoms with Crippen molar-refractivity contribution >= 4 is 50.0 Å². The van der Waals surface area contributed by atoms with Crippen LogP contribution in [-0.2, 0) is 34.4 Å². The monoisotopic (exact) mass is 664 g/mol. The second-order valence-electron chi connectivity index (χ2n) is 10.9. The van der Waals surface area contributed by atoms with Crippen LogP contribution in [0, 0.1) is 13.8 Å². The highest BCUT2D eigenvalue weighted by Crippen LogP contribution is 2.28. The van der Waals surface area contributed by atoms with E-state index in [-0.39, 0.29) is 17.9 Å². The molecule has 1 N–H and O–H groups in total. The van der Waals surface area contributed by atoms with Gasteiger partial charge in [0.05, 0.1) is 11.5 Å². The van der Waals surface area contributed by atoms with E-state index in [0.717, 1.165) is 56.8 Å². The summed E-state index contributed by atoms with van der Waals surface area (Å²) in [7, 11) is -4.04. The van der Waals surface area contributed by atoms with E-state index >= 15 is 0 Å². The molecule has 5 rings (SSSR count). The van der Waals surface area contributed by atoms with Crippen molar-refractivity contribution < 1.29 is 22.7 Å². The Morgan fingerprint density at radius 2 is 1.58 bits per heavy atom. The Hall–Kier alpha value is -3.98. The Balaban J connectivity index is 1.17. The highest BCUT2D eigenvalue weighted by Gasteiger charge is 2.18. The van der Waals surface area contributed by atoms with Crippen LogP contribution in [0.3, 0.4) is 0 Å². The number of aryl methyl sites for hydroxylation is 4. The fourth-order valence-electron chi connectivity index (χ4n) is 5.11. The summed E-state index contributed by atoms with van der Waals surface area (Å²) in [4.78, 5) is 12.8. The molecule has 1 amide bonds. The summed E-state index contributed by atoms with van der Waals surface area (Å²) < 4.78 is 41.6. The molecule has 5 aromatic rings. The average molecular weight is 666 g/mol. The van der Waals surface area contributed by atoms with Gasteiger partial charge >= 0.3 is 0 Å². The van der Waals surface area contributed by atoms with Crippen molar-refractivity contribution in [3.05, 3.63) is 123 Å². The zero-order valence-corrected chi connectivity index (χ0v) is 27.4. The van der Waals surface area contributed by atoms with E-state index in [4.69, 9.17) is 32.7 Å². The Kier molecular flexibility index (Phi) is 10.4. The second-order valence-corrected chi connectivity index (χ2v) is 13.4. The summed E-state index contributed by atoms with van der Waals surface area (Å²) in [5, 5.41) is 2.35. The van der Waals surface area contributed by atoms with Crippen LogP contribution < -0.4 is 14.2 Å². The Morgan fingerprint density at radius 3 is 2.29 bits per heavy atom. The van der Waals surface area contributed by atoms with Gasteiger partial charge in [-0.3, -0.25) is 4.79 Å². The van der Waals surface area contributed by atoms with Gasteiger partial charge in [-0.2, -0.15) is 0 Å². The predicted molar refractivity (Wildman–Crippen MR) is 179 cm³/mol. The number of fused-ring (bicyclic) bond motifs is 1. The second kappa shape index (κ2) is 14.4. The van der Waals surface area contributed by atoms with Crippen molar-refractivity contribution in [2.24, 2.45) is 0 Å². The number of amides is 1. The maximum atomic E-state index is 12.9. The molecule has 7 nitrogen and oxygen atoms in total. The first-order valence-electron chi connectivity index (χ1n) is 14.6. The summed E-state index contributed by atoms with van der Waals surface area (Å²) in [6.07, 6.45) is 3.48. The molecule has 0 atom stereocenters. The van der Waals surface area contributed by atoms with Gasteiger partial charge in [-0.15, -0.1) is 0 Å². The van der Waals surface area contributed by atoms with E-state index in [0.29, 0.717) is 24.0 Å². The fraction of sp³-hybridized carbons (Fsp3) is 0.229. The molecule has 0 unspecified atom stereocenters. The smallest absolute Gasteiger partial charge is 0.264 e. The lowest BCUT2D eigenvalue weighted by atomic mass is 10.1. The van der Waals surface area contributed by atoms with Crippen molar-refractivity contribution in [3.8, 4) is 11.5 Å². The Morgan fingerprint density at radius 1 is 0.867 bits per heavy atom. The van der Waals surface area contributed by atoms with Crippen LogP contribution in [0.2, 0.25) is 10.0 Å². The lowest BCUT2D eigenvalue weighted by Crippen LogP contribution is -2.31. The third kappa shape index (κ3) is 8.39. The predicted octanol–water partition coefficient (Wildman–Crippen LogP) is 8.05. The average Bonchev–Trinajstić information content (AvgIpc) is 3.36. The number of halogens is 2. The summed E-state index contributed by atoms with van der Waals surface area (Å²) in [6, 6.07) is 25.2. The molecule has 0 saturated heterocycles. The van der Waals surface area contributed by atoms with Gasteiger partial charge < -0.3 is 14.0 Å². The molecule has 0 aliphatic heterocycles. The fourth-order valence-corrected chi connectivity index (χ4v) is 6.39. The zero-order chi connectivity index (χ0) is 32.0. The van der Waals surface area contributed by atoms with Crippen LogP contribution in [0.5, 0.6) is 11.5 Å². The molecular weight excluding hydrogens is 631 g/mol. The molecular formula is C35H34Cl2N2O5S. The molecule has 0 saturated carbocycles. The number of carbonyl (C=O) groups excluding carboxylic acids is 1. The number of hydrogen-bond donors (Lipinski definition) is 1. The summed E-state index contributed by atoms with van der Waals surface area (Å²) in [5.41, 5.74) is 4.93. The SMILES string of the molecule is Cc1cc(OCCCc2cn(CCC(=O)NS(=O)(=O)c3ccc(OCc4ccccc4)cc3)c3cc(Cl)ccc23)cc(C)c1Cl. The first-order chi connectivity index (χ1) is 21.6. The summed E-state index contributed by atoms with van der Waals surface area (Å²) >= 11 is 12.6. The molecule has 10 heteroatoms. The summed E-state index contributed by atoms with van der Waals surface area (Å²) in [5.74, 6) is 0.712. The maximum absolute atomic E-state index is 12.9. The minimum atomic E-state index is -4.04. The first-order valence-corrected chi connectivity index (χ1v) is 16.8. The van der Waals surface area contributed by atoms with E-state index in [1.54, 1.807) is 12.1 Å². The van der Waals surface area contributed by atoms with Crippen molar-refractivity contribution in [2.75, 3.05) is 6.61 Å². The van der Waals surface area contributed by atoms with Crippen molar-refractivity contribution in [3.63, 3.8) is 0 Å². The van der Waals surface area contributed by atoms with Gasteiger partial charge in [0, 0.05) is 40.1 Å². The number of sulfonamides is 1. The third-order valence-corrected chi connectivity index (χ3v) is 9.63. The number of nitrogens with zero attached hydrogens (tertiary/aromatic N) is 1. The van der Waals surface area contributed by atoms with Crippen LogP contribution >= 0.6 is 23.2 Å². The topological polar surface area (TPSA) is 86.6 Å². The molecule has 4 aromatic carbocycles. The third-order valence-electron chi connectivity index (χ3n) is 7.41. The lowest BCUT2D eigenvalue weighted by molar-refractivity contribution is -0.119. The van der Waals surface area contributed by atoms with Gasteiger partial charge in [0.15, 0.2) is 0 Å². The van der Waals surface area contributed by atoms with Crippen LogP contribution in [0.4, 0.5) is 0 Å². The highest BCUT2D eigenvalue weighted by molar-refractivity contribution is 7.90. The normalized spacial score (nSPS) is 11.5. The van der Waals surface area contributed by atoms with Crippen molar-refractivity contribution in [1.29, 1.82) is 0 Å². The molecule has 234 valence electrons. The molecule has 0 radical (unpaired) electrons. The molecule has 0 spiro atoms. The minimum absolute atomic E-state index is 0.0190. The Labute approximate surface area is 273 Å². The van der Waals surface area contributed by atoms with Gasteiger partial charge in [-0.25, -0.2) is 13.1 Å². The van der Waals surface area contributed by atoms with Gasteiger partial charge in [-0.05, 0) is 97.5 Å². The lowest BCUT2D eigenvalue weighted by Gasteiger charge is -2.10. The molecule has 0 aliphatic rings. The maximum Gasteiger partial charge on any atom is 0.264 e. The summed E-state index contributed by atoms with van der Waals surface area (Å²) in [6.45, 7) is 5.09. The van der Waals surface area contributed by atoms with Gasteiger partial charge in [-0.1, -0.05) is 59.6 Å². The standard InChI is InChI=1S/C35H34Cl2N2O5S/c1-24-19-30(20-25(2)35(24)37)43-18-6-9-27-22-39(33-21-28(36)10-15-32(27)33)17-16-34(40)38-45(41,42)31-13-11-29(12-14-31)44-23-26-7-4-3-5-8-26/h3-5,7-8,10-15,19-22H,6,9,16-18,23H2,1-2H3,(H,38,40). The van der Waals surface area contributed by atoms with Crippen molar-refractivity contribution in [1.82, 2.24) is 9.29 Å². The minimum Gasteiger partial charge on any atom is -0.494 e. The molecule has 1 heterocycles. The number of carbonyl (C=O) groups is 1. The van der Waals surface area contributed by atoms with E-state index in [9.17, 15) is 13.2 Å². The highest BCUT2D eigenvalue weighted by atomic mass is 35.5. The van der Waals surface area contributed by atoms with Crippen LogP contribution in [0.15, 0.2) is 96.0 Å². The molecule has 1 aromatic heterocycles. The van der Waals surface area contributed by atoms with E-state index in [2.05, 4.69) is 4.72 Å². The van der Waals surface area contributed by atoms with E-state index in [1.807, 2.05) is 85.3 Å². The van der Waals surface area contributed by atoms with Gasteiger partial charge in [0.25, 0.3) is 10.0 Å². The van der Waals surface area contributed by atoms with E-state index < -0.39 is 15.9 Å². The number of hydrogen-bond acceptors (Lipinski definition) is 5. The van der Waals surface area contributed by atoms with Crippen LogP contribution in [-0.4, -0.2) is 25.5 Å². The molecule has 45 heavy (non-hydrogen) atoms. The van der Waals surface area contributed by atoms with E-state index in [1.165, 1.54) is 12.1 Å². The first kappa shape index (κ1) is 32.4. The number of rotatable bonds is 13. The van der Waals surface area contributed by atoms with Gasteiger partial charge in [0.2, 0.25) is 5.91 Å². The zero-order valence-electron chi connectivity index (χ0n) is 25.1. The number of aromatic nitrogens is 1. The number of nitrogens with one attached hydrogen (secondary N) is 1. The van der Waals surface area contributed by atoms with Crippen LogP contribution in [0.1, 0.15) is 35.1 Å². The molecule has 0 fully saturated rings. The number of benzene rings is 4. The molecule has 0 bridgehead atoms.